The number of anilines is 1. The number of oxazole rings is 1. The first-order chi connectivity index (χ1) is 15.6. The molecule has 0 aliphatic carbocycles. The van der Waals surface area contributed by atoms with Crippen LogP contribution in [0.25, 0.3) is 17.0 Å². The van der Waals surface area contributed by atoms with Crippen LogP contribution in [-0.2, 0) is 4.74 Å². The van der Waals surface area contributed by atoms with Crippen LogP contribution >= 0.6 is 0 Å². The minimum atomic E-state index is -0.290. The van der Waals surface area contributed by atoms with Crippen LogP contribution in [0.1, 0.15) is 40.8 Å². The van der Waals surface area contributed by atoms with Crippen molar-refractivity contribution in [3.63, 3.8) is 0 Å². The highest BCUT2D eigenvalue weighted by Crippen LogP contribution is 2.28. The molecule has 0 unspecified atom stereocenters. The third-order valence-corrected chi connectivity index (χ3v) is 5.31. The number of imidazole rings is 1. The molecule has 3 aromatic heterocycles. The van der Waals surface area contributed by atoms with Gasteiger partial charge in [0.2, 0.25) is 5.78 Å². The van der Waals surface area contributed by atoms with Crippen LogP contribution < -0.4 is 5.32 Å². The summed E-state index contributed by atoms with van der Waals surface area (Å²) in [7, 11) is 1.81. The van der Waals surface area contributed by atoms with Crippen LogP contribution in [0.5, 0.6) is 0 Å². The topological polar surface area (TPSA) is 94.5 Å². The predicted octanol–water partition coefficient (Wildman–Crippen LogP) is 4.27. The van der Waals surface area contributed by atoms with Gasteiger partial charge >= 0.3 is 0 Å². The molecule has 8 nitrogen and oxygen atoms in total. The molecule has 32 heavy (non-hydrogen) atoms. The molecule has 1 aliphatic heterocycles. The molecule has 1 fully saturated rings. The van der Waals surface area contributed by atoms with Crippen LogP contribution in [0.2, 0.25) is 0 Å². The number of aromatic nitrogens is 4. The second-order valence-corrected chi connectivity index (χ2v) is 7.45. The molecule has 5 rings (SSSR count). The summed E-state index contributed by atoms with van der Waals surface area (Å²) in [6.07, 6.45) is 9.80. The van der Waals surface area contributed by atoms with E-state index in [9.17, 15) is 9.18 Å². The van der Waals surface area contributed by atoms with Crippen molar-refractivity contribution in [2.75, 3.05) is 25.6 Å². The van der Waals surface area contributed by atoms with Gasteiger partial charge in [0, 0.05) is 57.0 Å². The fraction of sp³-hybridized carbons (Fsp3) is 0.304. The van der Waals surface area contributed by atoms with Crippen molar-refractivity contribution in [1.82, 2.24) is 19.4 Å². The summed E-state index contributed by atoms with van der Waals surface area (Å²) in [5, 5.41) is 3.02. The number of halogens is 1. The molecule has 1 N–H and O–H groups in total. The summed E-state index contributed by atoms with van der Waals surface area (Å²) < 4.78 is 26.2. The lowest BCUT2D eigenvalue weighted by Gasteiger charge is -2.21. The van der Waals surface area contributed by atoms with Crippen molar-refractivity contribution in [3.8, 4) is 11.3 Å². The van der Waals surface area contributed by atoms with Gasteiger partial charge in [0.1, 0.15) is 5.82 Å². The highest BCUT2D eigenvalue weighted by molar-refractivity contribution is 5.69. The first kappa shape index (κ1) is 21.6. The number of benzene rings is 1. The molecular formula is C23H24FN5O3. The van der Waals surface area contributed by atoms with Gasteiger partial charge in [0.15, 0.2) is 17.9 Å². The Kier molecular flexibility index (Phi) is 6.55. The van der Waals surface area contributed by atoms with Gasteiger partial charge in [0.25, 0.3) is 0 Å². The first-order valence-electron chi connectivity index (χ1n) is 10.3. The third-order valence-electron chi connectivity index (χ3n) is 5.31. The Labute approximate surface area is 184 Å². The zero-order chi connectivity index (χ0) is 22.5. The summed E-state index contributed by atoms with van der Waals surface area (Å²) in [4.78, 5) is 22.5. The Hall–Kier alpha value is -3.59. The van der Waals surface area contributed by atoms with Gasteiger partial charge < -0.3 is 14.5 Å². The second-order valence-electron chi connectivity index (χ2n) is 7.45. The van der Waals surface area contributed by atoms with E-state index in [4.69, 9.17) is 9.15 Å². The van der Waals surface area contributed by atoms with E-state index in [1.807, 2.05) is 23.8 Å². The van der Waals surface area contributed by atoms with Crippen LogP contribution in [0.4, 0.5) is 10.1 Å². The number of nitrogens with one attached hydrogen (secondary N) is 1. The van der Waals surface area contributed by atoms with Crippen molar-refractivity contribution in [2.24, 2.45) is 0 Å². The summed E-state index contributed by atoms with van der Waals surface area (Å²) in [6, 6.07) is 4.92. The zero-order valence-corrected chi connectivity index (χ0v) is 17.9. The van der Waals surface area contributed by atoms with Crippen molar-refractivity contribution in [3.05, 3.63) is 66.0 Å². The van der Waals surface area contributed by atoms with E-state index in [1.165, 1.54) is 17.8 Å². The number of nitrogens with zero attached hydrogens (tertiary/aromatic N) is 4. The quantitative estimate of drug-likeness (QED) is 0.477. The standard InChI is InChI=1S/C18H19FN4O.C5H5NO2/c1-20-14-2-3-16(19)15(8-14)17-11-23-10-13(9-21-18(23)22-17)12-4-6-24-7-5-12;1-4-6-2-5(3-7)8-4/h2-3,8-12,20H,4-7H2,1H3;2-3H,1H3. The maximum Gasteiger partial charge on any atom is 0.234 e. The first-order valence-corrected chi connectivity index (χ1v) is 10.3. The van der Waals surface area contributed by atoms with Crippen LogP contribution in [0.15, 0.2) is 47.4 Å². The number of aryl methyl sites for hydroxylation is 1. The lowest BCUT2D eigenvalue weighted by Crippen LogP contribution is -2.14. The molecular weight excluding hydrogens is 413 g/mol. The molecule has 4 aromatic rings. The minimum absolute atomic E-state index is 0.280. The molecule has 166 valence electrons. The number of ether oxygens (including phenoxy) is 1. The summed E-state index contributed by atoms with van der Waals surface area (Å²) in [5.41, 5.74) is 3.08. The normalized spacial score (nSPS) is 14.1. The second kappa shape index (κ2) is 9.69. The summed E-state index contributed by atoms with van der Waals surface area (Å²) in [5.74, 6) is 1.55. The minimum Gasteiger partial charge on any atom is -0.438 e. The lowest BCUT2D eigenvalue weighted by atomic mass is 9.94. The lowest BCUT2D eigenvalue weighted by molar-refractivity contribution is 0.0852. The van der Waals surface area contributed by atoms with Gasteiger partial charge in [-0.15, -0.1) is 0 Å². The van der Waals surface area contributed by atoms with Crippen molar-refractivity contribution < 1.29 is 18.3 Å². The number of carbonyl (C=O) groups is 1. The van der Waals surface area contributed by atoms with E-state index < -0.39 is 0 Å². The number of rotatable bonds is 4. The maximum atomic E-state index is 14.2. The number of aldehydes is 1. The van der Waals surface area contributed by atoms with E-state index in [2.05, 4.69) is 26.5 Å². The van der Waals surface area contributed by atoms with E-state index in [0.717, 1.165) is 31.7 Å². The zero-order valence-electron chi connectivity index (χ0n) is 17.9. The molecule has 0 atom stereocenters. The molecule has 4 heterocycles. The van der Waals surface area contributed by atoms with Crippen LogP contribution in [-0.4, -0.2) is 45.9 Å². The Morgan fingerprint density at radius 1 is 1.19 bits per heavy atom. The Bertz CT molecular complexity index is 1210. The molecule has 0 spiro atoms. The van der Waals surface area contributed by atoms with E-state index >= 15 is 0 Å². The molecule has 0 radical (unpaired) electrons. The Balaban J connectivity index is 0.000000260. The number of hydrogen-bond acceptors (Lipinski definition) is 7. The van der Waals surface area contributed by atoms with Crippen LogP contribution in [0, 0.1) is 12.7 Å². The fourth-order valence-electron chi connectivity index (χ4n) is 3.58. The highest BCUT2D eigenvalue weighted by atomic mass is 19.1. The summed E-state index contributed by atoms with van der Waals surface area (Å²) >= 11 is 0. The number of hydrogen-bond donors (Lipinski definition) is 1. The number of carbonyl (C=O) groups excluding carboxylic acids is 1. The van der Waals surface area contributed by atoms with Gasteiger partial charge in [-0.2, -0.15) is 0 Å². The van der Waals surface area contributed by atoms with Gasteiger partial charge in [-0.05, 0) is 42.5 Å². The fourth-order valence-corrected chi connectivity index (χ4v) is 3.58. The monoisotopic (exact) mass is 437 g/mol. The van der Waals surface area contributed by atoms with Gasteiger partial charge in [-0.3, -0.25) is 9.20 Å². The molecule has 1 saturated heterocycles. The Morgan fingerprint density at radius 3 is 2.66 bits per heavy atom. The average molecular weight is 437 g/mol. The van der Waals surface area contributed by atoms with Crippen molar-refractivity contribution in [1.29, 1.82) is 0 Å². The average Bonchev–Trinajstić information content (AvgIpc) is 3.45. The molecule has 1 aromatic carbocycles. The molecule has 0 saturated carbocycles. The van der Waals surface area contributed by atoms with Crippen molar-refractivity contribution >= 4 is 17.8 Å². The predicted molar refractivity (Wildman–Crippen MR) is 117 cm³/mol. The summed E-state index contributed by atoms with van der Waals surface area (Å²) in [6.45, 7) is 3.27. The molecule has 1 aliphatic rings. The maximum absolute atomic E-state index is 14.2. The van der Waals surface area contributed by atoms with Crippen LogP contribution in [0.3, 0.4) is 0 Å². The van der Waals surface area contributed by atoms with Crippen molar-refractivity contribution in [2.45, 2.75) is 25.7 Å². The smallest absolute Gasteiger partial charge is 0.234 e. The third kappa shape index (κ3) is 4.83. The largest absolute Gasteiger partial charge is 0.438 e. The molecule has 0 bridgehead atoms. The Morgan fingerprint density at radius 2 is 2.00 bits per heavy atom. The number of fused-ring (bicyclic) bond motifs is 1. The van der Waals surface area contributed by atoms with Gasteiger partial charge in [-0.25, -0.2) is 19.3 Å². The molecule has 0 amide bonds. The SMILES string of the molecule is CNc1ccc(F)c(-c2cn3cc(C4CCOCC4)cnc3n2)c1.Cc1ncc(C=O)o1. The van der Waals surface area contributed by atoms with Gasteiger partial charge in [0.05, 0.1) is 11.9 Å². The molecule has 9 heteroatoms. The van der Waals surface area contributed by atoms with E-state index in [-0.39, 0.29) is 11.6 Å². The van der Waals surface area contributed by atoms with Gasteiger partial charge in [-0.1, -0.05) is 0 Å². The highest BCUT2D eigenvalue weighted by Gasteiger charge is 2.18. The van der Waals surface area contributed by atoms with E-state index in [1.54, 1.807) is 19.1 Å². The van der Waals surface area contributed by atoms with E-state index in [0.29, 0.717) is 35.1 Å².